The average molecular weight is 284 g/mol. The van der Waals surface area contributed by atoms with Crippen molar-refractivity contribution in [3.8, 4) is 11.1 Å². The lowest BCUT2D eigenvalue weighted by molar-refractivity contribution is -0.157. The molecule has 21 heavy (non-hydrogen) atoms. The Bertz CT molecular complexity index is 640. The lowest BCUT2D eigenvalue weighted by atomic mass is 9.93. The standard InChI is InChI=1S/C18H20O3/c1-12(2)14-5-4-6-15(11-14)13-7-9-16(10-8-13)18(3,21)17(19)20/h4-12,21H,1-3H3,(H,19,20). The van der Waals surface area contributed by atoms with Crippen LogP contribution in [0.25, 0.3) is 11.1 Å². The molecule has 1 atom stereocenters. The minimum atomic E-state index is -1.86. The van der Waals surface area contributed by atoms with E-state index in [0.29, 0.717) is 11.5 Å². The van der Waals surface area contributed by atoms with Gasteiger partial charge in [-0.3, -0.25) is 0 Å². The number of rotatable bonds is 4. The first kappa shape index (κ1) is 15.3. The summed E-state index contributed by atoms with van der Waals surface area (Å²) in [6.07, 6.45) is 0. The predicted molar refractivity (Wildman–Crippen MR) is 83.2 cm³/mol. The minimum Gasteiger partial charge on any atom is -0.479 e. The SMILES string of the molecule is CC(C)c1cccc(-c2ccc(C(C)(O)C(=O)O)cc2)c1. The van der Waals surface area contributed by atoms with Gasteiger partial charge in [-0.2, -0.15) is 0 Å². The smallest absolute Gasteiger partial charge is 0.340 e. The Hall–Kier alpha value is -2.13. The Morgan fingerprint density at radius 2 is 1.67 bits per heavy atom. The van der Waals surface area contributed by atoms with E-state index in [2.05, 4.69) is 26.0 Å². The number of carbonyl (C=O) groups is 1. The monoisotopic (exact) mass is 284 g/mol. The average Bonchev–Trinajstić information content (AvgIpc) is 2.47. The normalized spacial score (nSPS) is 14.0. The zero-order chi connectivity index (χ0) is 15.6. The van der Waals surface area contributed by atoms with Crippen molar-refractivity contribution in [1.29, 1.82) is 0 Å². The molecular formula is C18H20O3. The maximum Gasteiger partial charge on any atom is 0.340 e. The molecule has 2 aromatic carbocycles. The third-order valence-electron chi connectivity index (χ3n) is 3.75. The predicted octanol–water partition coefficient (Wildman–Crippen LogP) is 3.77. The maximum atomic E-state index is 11.0. The highest BCUT2D eigenvalue weighted by Gasteiger charge is 2.31. The van der Waals surface area contributed by atoms with E-state index >= 15 is 0 Å². The maximum absolute atomic E-state index is 11.0. The van der Waals surface area contributed by atoms with Gasteiger partial charge in [0.2, 0.25) is 0 Å². The molecule has 2 aromatic rings. The molecule has 2 rings (SSSR count). The summed E-state index contributed by atoms with van der Waals surface area (Å²) in [5.74, 6) is -0.797. The number of aliphatic carboxylic acids is 1. The molecule has 3 nitrogen and oxygen atoms in total. The number of hydrogen-bond acceptors (Lipinski definition) is 2. The summed E-state index contributed by atoms with van der Waals surface area (Å²) in [5.41, 5.74) is 1.86. The van der Waals surface area contributed by atoms with Crippen LogP contribution in [0.5, 0.6) is 0 Å². The molecule has 0 saturated heterocycles. The largest absolute Gasteiger partial charge is 0.479 e. The van der Waals surface area contributed by atoms with Crippen LogP contribution in [0.4, 0.5) is 0 Å². The van der Waals surface area contributed by atoms with Gasteiger partial charge in [0.05, 0.1) is 0 Å². The van der Waals surface area contributed by atoms with Crippen LogP contribution in [0.3, 0.4) is 0 Å². The third kappa shape index (κ3) is 3.14. The van der Waals surface area contributed by atoms with Crippen LogP contribution in [-0.4, -0.2) is 16.2 Å². The van der Waals surface area contributed by atoms with Gasteiger partial charge in [-0.25, -0.2) is 4.79 Å². The van der Waals surface area contributed by atoms with Gasteiger partial charge in [0.15, 0.2) is 5.60 Å². The fourth-order valence-corrected chi connectivity index (χ4v) is 2.19. The van der Waals surface area contributed by atoms with Crippen molar-refractivity contribution in [3.05, 3.63) is 59.7 Å². The topological polar surface area (TPSA) is 57.5 Å². The Labute approximate surface area is 124 Å². The molecule has 0 amide bonds. The van der Waals surface area contributed by atoms with Crippen LogP contribution >= 0.6 is 0 Å². The van der Waals surface area contributed by atoms with E-state index in [1.165, 1.54) is 12.5 Å². The second-order valence-electron chi connectivity index (χ2n) is 5.73. The van der Waals surface area contributed by atoms with Crippen molar-refractivity contribution < 1.29 is 15.0 Å². The first-order valence-electron chi connectivity index (χ1n) is 6.99. The second kappa shape index (κ2) is 5.70. The van der Waals surface area contributed by atoms with Crippen molar-refractivity contribution >= 4 is 5.97 Å². The third-order valence-corrected chi connectivity index (χ3v) is 3.75. The van der Waals surface area contributed by atoms with Crippen molar-refractivity contribution in [1.82, 2.24) is 0 Å². The van der Waals surface area contributed by atoms with E-state index in [4.69, 9.17) is 5.11 Å². The molecule has 0 heterocycles. The number of hydrogen-bond donors (Lipinski definition) is 2. The van der Waals surface area contributed by atoms with Crippen LogP contribution in [0.1, 0.15) is 37.8 Å². The van der Waals surface area contributed by atoms with Gasteiger partial charge in [0.25, 0.3) is 0 Å². The number of carboxylic acids is 1. The molecule has 1 unspecified atom stereocenters. The summed E-state index contributed by atoms with van der Waals surface area (Å²) in [6.45, 7) is 5.57. The summed E-state index contributed by atoms with van der Waals surface area (Å²) < 4.78 is 0. The molecule has 0 aromatic heterocycles. The highest BCUT2D eigenvalue weighted by molar-refractivity contribution is 5.79. The molecule has 0 saturated carbocycles. The first-order chi connectivity index (χ1) is 9.82. The summed E-state index contributed by atoms with van der Waals surface area (Å²) in [6, 6.07) is 15.3. The van der Waals surface area contributed by atoms with Crippen LogP contribution in [-0.2, 0) is 10.4 Å². The fourth-order valence-electron chi connectivity index (χ4n) is 2.19. The van der Waals surface area contributed by atoms with Crippen molar-refractivity contribution in [3.63, 3.8) is 0 Å². The molecule has 0 aliphatic rings. The molecule has 0 aliphatic carbocycles. The highest BCUT2D eigenvalue weighted by atomic mass is 16.4. The van der Waals surface area contributed by atoms with Gasteiger partial charge in [0.1, 0.15) is 0 Å². The molecule has 0 radical (unpaired) electrons. The highest BCUT2D eigenvalue weighted by Crippen LogP contribution is 2.27. The van der Waals surface area contributed by atoms with E-state index in [1.807, 2.05) is 24.3 Å². The molecular weight excluding hydrogens is 264 g/mol. The van der Waals surface area contributed by atoms with Gasteiger partial charge in [-0.05, 0) is 35.1 Å². The molecule has 0 aliphatic heterocycles. The van der Waals surface area contributed by atoms with Gasteiger partial charge in [-0.15, -0.1) is 0 Å². The summed E-state index contributed by atoms with van der Waals surface area (Å²) in [7, 11) is 0. The van der Waals surface area contributed by atoms with Crippen LogP contribution in [0.15, 0.2) is 48.5 Å². The number of carboxylic acid groups (broad SMARTS) is 1. The first-order valence-corrected chi connectivity index (χ1v) is 6.99. The van der Waals surface area contributed by atoms with E-state index in [-0.39, 0.29) is 0 Å². The Morgan fingerprint density at radius 3 is 2.19 bits per heavy atom. The number of benzene rings is 2. The molecule has 2 N–H and O–H groups in total. The van der Waals surface area contributed by atoms with Crippen LogP contribution in [0.2, 0.25) is 0 Å². The van der Waals surface area contributed by atoms with Crippen molar-refractivity contribution in [2.45, 2.75) is 32.3 Å². The number of aliphatic hydroxyl groups is 1. The van der Waals surface area contributed by atoms with Gasteiger partial charge < -0.3 is 10.2 Å². The zero-order valence-corrected chi connectivity index (χ0v) is 12.5. The minimum absolute atomic E-state index is 0.374. The Balaban J connectivity index is 2.35. The fraction of sp³-hybridized carbons (Fsp3) is 0.278. The van der Waals surface area contributed by atoms with Gasteiger partial charge in [0, 0.05) is 0 Å². The summed E-state index contributed by atoms with van der Waals surface area (Å²) >= 11 is 0. The van der Waals surface area contributed by atoms with E-state index < -0.39 is 11.6 Å². The molecule has 110 valence electrons. The molecule has 3 heteroatoms. The van der Waals surface area contributed by atoms with E-state index in [1.54, 1.807) is 12.1 Å². The molecule has 0 fully saturated rings. The Morgan fingerprint density at radius 1 is 1.05 bits per heavy atom. The van der Waals surface area contributed by atoms with E-state index in [0.717, 1.165) is 11.1 Å². The zero-order valence-electron chi connectivity index (χ0n) is 12.5. The molecule has 0 bridgehead atoms. The van der Waals surface area contributed by atoms with Gasteiger partial charge >= 0.3 is 5.97 Å². The summed E-state index contributed by atoms with van der Waals surface area (Å²) in [5, 5.41) is 19.0. The van der Waals surface area contributed by atoms with Crippen LogP contribution < -0.4 is 0 Å². The van der Waals surface area contributed by atoms with Crippen molar-refractivity contribution in [2.24, 2.45) is 0 Å². The molecule has 0 spiro atoms. The summed E-state index contributed by atoms with van der Waals surface area (Å²) in [4.78, 5) is 11.0. The quantitative estimate of drug-likeness (QED) is 0.898. The lowest BCUT2D eigenvalue weighted by Crippen LogP contribution is -2.31. The van der Waals surface area contributed by atoms with Crippen molar-refractivity contribution in [2.75, 3.05) is 0 Å². The second-order valence-corrected chi connectivity index (χ2v) is 5.73. The Kier molecular flexibility index (Phi) is 4.14. The van der Waals surface area contributed by atoms with E-state index in [9.17, 15) is 9.90 Å². The lowest BCUT2D eigenvalue weighted by Gasteiger charge is -2.18. The van der Waals surface area contributed by atoms with Gasteiger partial charge in [-0.1, -0.05) is 62.4 Å². The van der Waals surface area contributed by atoms with Crippen LogP contribution in [0, 0.1) is 0 Å².